The molecular formula is C10H10N4O3. The predicted molar refractivity (Wildman–Crippen MR) is 58.8 cm³/mol. The van der Waals surface area contributed by atoms with E-state index in [0.717, 1.165) is 0 Å². The molecule has 0 bridgehead atoms. The summed E-state index contributed by atoms with van der Waals surface area (Å²) in [5.41, 5.74) is 4.98. The maximum absolute atomic E-state index is 11.5. The molecule has 88 valence electrons. The highest BCUT2D eigenvalue weighted by atomic mass is 16.6. The Hall–Kier alpha value is -2.46. The van der Waals surface area contributed by atoms with Crippen molar-refractivity contribution in [1.82, 2.24) is 10.9 Å². The Labute approximate surface area is 97.2 Å². The van der Waals surface area contributed by atoms with Crippen molar-refractivity contribution in [2.24, 2.45) is 0 Å². The van der Waals surface area contributed by atoms with E-state index in [1.807, 2.05) is 6.07 Å². The topological polar surface area (TPSA) is 108 Å². The quantitative estimate of drug-likeness (QED) is 0.590. The summed E-state index contributed by atoms with van der Waals surface area (Å²) in [7, 11) is 0. The number of nitro benzene ring substituents is 1. The Morgan fingerprint density at radius 3 is 2.53 bits per heavy atom. The number of rotatable bonds is 4. The molecule has 0 aliphatic carbocycles. The third kappa shape index (κ3) is 3.55. The minimum absolute atomic E-state index is 0.0834. The normalized spacial score (nSPS) is 11.3. The Morgan fingerprint density at radius 1 is 1.47 bits per heavy atom. The minimum atomic E-state index is -0.544. The summed E-state index contributed by atoms with van der Waals surface area (Å²) < 4.78 is 0. The molecule has 1 atom stereocenters. The van der Waals surface area contributed by atoms with Gasteiger partial charge in [-0.2, -0.15) is 5.26 Å². The van der Waals surface area contributed by atoms with Crippen LogP contribution in [0.3, 0.4) is 0 Å². The first kappa shape index (κ1) is 12.6. The van der Waals surface area contributed by atoms with Crippen LogP contribution in [0.15, 0.2) is 24.3 Å². The molecule has 0 saturated carbocycles. The molecule has 0 heterocycles. The maximum Gasteiger partial charge on any atom is 0.269 e. The second-order valence-corrected chi connectivity index (χ2v) is 3.25. The lowest BCUT2D eigenvalue weighted by molar-refractivity contribution is -0.384. The molecule has 7 heteroatoms. The number of carbonyl (C=O) groups is 1. The molecule has 1 aromatic rings. The van der Waals surface area contributed by atoms with E-state index in [-0.39, 0.29) is 11.3 Å². The van der Waals surface area contributed by atoms with Gasteiger partial charge in [0.1, 0.15) is 6.04 Å². The van der Waals surface area contributed by atoms with Crippen LogP contribution in [0.1, 0.15) is 17.3 Å². The van der Waals surface area contributed by atoms with Gasteiger partial charge in [0.15, 0.2) is 0 Å². The van der Waals surface area contributed by atoms with E-state index in [9.17, 15) is 14.9 Å². The summed E-state index contributed by atoms with van der Waals surface area (Å²) >= 11 is 0. The first-order chi connectivity index (χ1) is 8.04. The summed E-state index contributed by atoms with van der Waals surface area (Å²) in [6, 6.07) is 6.52. The molecule has 0 spiro atoms. The summed E-state index contributed by atoms with van der Waals surface area (Å²) in [6.07, 6.45) is 0. The molecule has 0 aliphatic rings. The molecule has 17 heavy (non-hydrogen) atoms. The van der Waals surface area contributed by atoms with Crippen molar-refractivity contribution in [2.75, 3.05) is 0 Å². The van der Waals surface area contributed by atoms with E-state index in [2.05, 4.69) is 10.9 Å². The van der Waals surface area contributed by atoms with Crippen LogP contribution in [0.25, 0.3) is 0 Å². The standard InChI is InChI=1S/C10H10N4O3/c1-7(6-11)12-13-10(15)8-2-4-9(5-3-8)14(16)17/h2-5,7,12H,1H3,(H,13,15)/t7-/m1/s1. The number of nitrogens with one attached hydrogen (secondary N) is 2. The van der Waals surface area contributed by atoms with Crippen molar-refractivity contribution >= 4 is 11.6 Å². The summed E-state index contributed by atoms with van der Waals surface area (Å²) in [5.74, 6) is -0.456. The van der Waals surface area contributed by atoms with Gasteiger partial charge < -0.3 is 0 Å². The van der Waals surface area contributed by atoms with Gasteiger partial charge in [-0.1, -0.05) is 0 Å². The Morgan fingerprint density at radius 2 is 2.06 bits per heavy atom. The number of non-ortho nitro benzene ring substituents is 1. The van der Waals surface area contributed by atoms with Crippen LogP contribution in [0.5, 0.6) is 0 Å². The van der Waals surface area contributed by atoms with Crippen molar-refractivity contribution in [3.8, 4) is 6.07 Å². The molecule has 1 aromatic carbocycles. The molecule has 7 nitrogen and oxygen atoms in total. The van der Waals surface area contributed by atoms with E-state index in [0.29, 0.717) is 0 Å². The number of carbonyl (C=O) groups excluding carboxylic acids is 1. The number of hydrogen-bond acceptors (Lipinski definition) is 5. The lowest BCUT2D eigenvalue weighted by Crippen LogP contribution is -2.42. The molecule has 2 N–H and O–H groups in total. The summed E-state index contributed by atoms with van der Waals surface area (Å²) in [6.45, 7) is 1.58. The molecule has 0 fully saturated rings. The number of hydrogen-bond donors (Lipinski definition) is 2. The van der Waals surface area contributed by atoms with E-state index in [4.69, 9.17) is 5.26 Å². The first-order valence-corrected chi connectivity index (χ1v) is 4.74. The van der Waals surface area contributed by atoms with E-state index < -0.39 is 16.9 Å². The van der Waals surface area contributed by atoms with Crippen molar-refractivity contribution in [2.45, 2.75) is 13.0 Å². The zero-order chi connectivity index (χ0) is 12.8. The number of amides is 1. The molecule has 1 rings (SSSR count). The second-order valence-electron chi connectivity index (χ2n) is 3.25. The highest BCUT2D eigenvalue weighted by molar-refractivity contribution is 5.94. The first-order valence-electron chi connectivity index (χ1n) is 4.74. The van der Waals surface area contributed by atoms with Crippen LogP contribution in [-0.2, 0) is 0 Å². The fourth-order valence-electron chi connectivity index (χ4n) is 1.01. The fourth-order valence-corrected chi connectivity index (χ4v) is 1.01. The smallest absolute Gasteiger partial charge is 0.269 e. The van der Waals surface area contributed by atoms with Gasteiger partial charge in [0, 0.05) is 17.7 Å². The fraction of sp³-hybridized carbons (Fsp3) is 0.200. The average molecular weight is 234 g/mol. The molecule has 1 amide bonds. The Balaban J connectivity index is 2.64. The third-order valence-corrected chi connectivity index (χ3v) is 1.94. The van der Waals surface area contributed by atoms with Crippen LogP contribution in [-0.4, -0.2) is 16.9 Å². The van der Waals surface area contributed by atoms with Crippen LogP contribution < -0.4 is 10.9 Å². The largest absolute Gasteiger partial charge is 0.286 e. The van der Waals surface area contributed by atoms with E-state index in [1.165, 1.54) is 24.3 Å². The van der Waals surface area contributed by atoms with E-state index in [1.54, 1.807) is 6.92 Å². The highest BCUT2D eigenvalue weighted by Crippen LogP contribution is 2.11. The number of nitriles is 1. The van der Waals surface area contributed by atoms with Crippen molar-refractivity contribution in [3.05, 3.63) is 39.9 Å². The molecule has 0 aromatic heterocycles. The second kappa shape index (κ2) is 5.58. The van der Waals surface area contributed by atoms with Crippen LogP contribution in [0.2, 0.25) is 0 Å². The van der Waals surface area contributed by atoms with Gasteiger partial charge in [0.2, 0.25) is 0 Å². The van der Waals surface area contributed by atoms with Crippen molar-refractivity contribution in [1.29, 1.82) is 5.26 Å². The number of nitrogens with zero attached hydrogens (tertiary/aromatic N) is 2. The van der Waals surface area contributed by atoms with Crippen molar-refractivity contribution in [3.63, 3.8) is 0 Å². The van der Waals surface area contributed by atoms with Gasteiger partial charge in [-0.15, -0.1) is 0 Å². The number of benzene rings is 1. The molecule has 0 saturated heterocycles. The van der Waals surface area contributed by atoms with Crippen molar-refractivity contribution < 1.29 is 9.72 Å². The van der Waals surface area contributed by atoms with Gasteiger partial charge >= 0.3 is 0 Å². The predicted octanol–water partition coefficient (Wildman–Crippen LogP) is 0.741. The van der Waals surface area contributed by atoms with Crippen LogP contribution in [0.4, 0.5) is 5.69 Å². The lowest BCUT2D eigenvalue weighted by atomic mass is 10.2. The van der Waals surface area contributed by atoms with Crippen LogP contribution >= 0.6 is 0 Å². The summed E-state index contributed by atoms with van der Waals surface area (Å²) in [5, 5.41) is 18.9. The van der Waals surface area contributed by atoms with Gasteiger partial charge in [-0.05, 0) is 19.1 Å². The average Bonchev–Trinajstić information content (AvgIpc) is 2.35. The number of hydrazine groups is 1. The van der Waals surface area contributed by atoms with Crippen LogP contribution in [0, 0.1) is 21.4 Å². The molecule has 0 unspecified atom stereocenters. The maximum atomic E-state index is 11.5. The monoisotopic (exact) mass is 234 g/mol. The van der Waals surface area contributed by atoms with Gasteiger partial charge in [-0.3, -0.25) is 20.3 Å². The molecule has 0 radical (unpaired) electrons. The highest BCUT2D eigenvalue weighted by Gasteiger charge is 2.09. The Bertz CT molecular complexity index is 463. The molecular weight excluding hydrogens is 224 g/mol. The lowest BCUT2D eigenvalue weighted by Gasteiger charge is -2.07. The minimum Gasteiger partial charge on any atom is -0.286 e. The third-order valence-electron chi connectivity index (χ3n) is 1.94. The zero-order valence-corrected chi connectivity index (χ0v) is 9.01. The number of nitro groups is 1. The van der Waals surface area contributed by atoms with Gasteiger partial charge in [0.25, 0.3) is 11.6 Å². The van der Waals surface area contributed by atoms with Gasteiger partial charge in [0.05, 0.1) is 11.0 Å². The summed E-state index contributed by atoms with van der Waals surface area (Å²) in [4.78, 5) is 21.3. The van der Waals surface area contributed by atoms with E-state index >= 15 is 0 Å². The molecule has 0 aliphatic heterocycles. The Kier molecular flexibility index (Phi) is 4.14. The van der Waals surface area contributed by atoms with Gasteiger partial charge in [-0.25, -0.2) is 5.43 Å². The SMILES string of the molecule is C[C@H](C#N)NNC(=O)c1ccc([N+](=O)[O-])cc1. The zero-order valence-electron chi connectivity index (χ0n) is 9.01.